The molecule has 1 aromatic rings. The number of imidazole rings is 1. The second-order valence-electron chi connectivity index (χ2n) is 5.11. The number of H-pyrrole nitrogens is 1. The van der Waals surface area contributed by atoms with Crippen molar-refractivity contribution in [1.82, 2.24) is 24.3 Å². The lowest BCUT2D eigenvalue weighted by Crippen LogP contribution is -2.47. The van der Waals surface area contributed by atoms with Gasteiger partial charge in [0.2, 0.25) is 0 Å². The molecule has 2 rings (SSSR count). The van der Waals surface area contributed by atoms with E-state index in [0.717, 1.165) is 25.2 Å². The van der Waals surface area contributed by atoms with Gasteiger partial charge in [-0.2, -0.15) is 12.7 Å². The summed E-state index contributed by atoms with van der Waals surface area (Å²) in [5, 5.41) is 3.12. The van der Waals surface area contributed by atoms with Crippen molar-refractivity contribution >= 4 is 10.2 Å². The summed E-state index contributed by atoms with van der Waals surface area (Å²) in [6.07, 6.45) is 5.97. The molecule has 20 heavy (non-hydrogen) atoms. The Hall–Kier alpha value is -0.960. The number of nitrogens with zero attached hydrogens (tertiary/aromatic N) is 2. The van der Waals surface area contributed by atoms with E-state index in [1.54, 1.807) is 16.7 Å². The third-order valence-electron chi connectivity index (χ3n) is 3.52. The van der Waals surface area contributed by atoms with Gasteiger partial charge in [-0.05, 0) is 32.4 Å². The number of hydrogen-bond acceptors (Lipinski definition) is 4. The highest BCUT2D eigenvalue weighted by molar-refractivity contribution is 7.87. The molecule has 7 nitrogen and oxygen atoms in total. The summed E-state index contributed by atoms with van der Waals surface area (Å²) >= 11 is 0. The molecule has 1 atom stereocenters. The Kier molecular flexibility index (Phi) is 5.53. The minimum absolute atomic E-state index is 0.364. The first-order valence-corrected chi connectivity index (χ1v) is 8.43. The van der Waals surface area contributed by atoms with Crippen molar-refractivity contribution in [3.8, 4) is 0 Å². The lowest BCUT2D eigenvalue weighted by molar-refractivity contribution is 0.261. The maximum Gasteiger partial charge on any atom is 0.279 e. The van der Waals surface area contributed by atoms with Crippen molar-refractivity contribution < 1.29 is 8.42 Å². The van der Waals surface area contributed by atoms with Crippen LogP contribution < -0.4 is 10.0 Å². The predicted octanol–water partition coefficient (Wildman–Crippen LogP) is -0.282. The summed E-state index contributed by atoms with van der Waals surface area (Å²) in [5.74, 6) is 1.19. The number of piperidine rings is 1. The van der Waals surface area contributed by atoms with Crippen LogP contribution in [-0.2, 0) is 16.6 Å². The van der Waals surface area contributed by atoms with Crippen LogP contribution in [-0.4, -0.2) is 55.9 Å². The van der Waals surface area contributed by atoms with Crippen molar-refractivity contribution in [2.24, 2.45) is 5.92 Å². The molecule has 8 heteroatoms. The third kappa shape index (κ3) is 4.27. The van der Waals surface area contributed by atoms with Crippen LogP contribution in [0, 0.1) is 5.92 Å². The van der Waals surface area contributed by atoms with Gasteiger partial charge in [-0.25, -0.2) is 9.71 Å². The zero-order valence-electron chi connectivity index (χ0n) is 11.8. The van der Waals surface area contributed by atoms with Gasteiger partial charge in [0.05, 0.1) is 0 Å². The van der Waals surface area contributed by atoms with Crippen molar-refractivity contribution in [3.05, 3.63) is 18.2 Å². The lowest BCUT2D eigenvalue weighted by atomic mass is 10.00. The quantitative estimate of drug-likeness (QED) is 0.646. The summed E-state index contributed by atoms with van der Waals surface area (Å²) in [7, 11) is -1.48. The van der Waals surface area contributed by atoms with Crippen LogP contribution in [0.2, 0.25) is 0 Å². The third-order valence-corrected chi connectivity index (χ3v) is 5.10. The van der Waals surface area contributed by atoms with E-state index in [1.165, 1.54) is 0 Å². The van der Waals surface area contributed by atoms with Crippen LogP contribution >= 0.6 is 0 Å². The van der Waals surface area contributed by atoms with Gasteiger partial charge in [0.1, 0.15) is 5.82 Å². The van der Waals surface area contributed by atoms with E-state index in [4.69, 9.17) is 0 Å². The van der Waals surface area contributed by atoms with Gasteiger partial charge < -0.3 is 10.3 Å². The molecule has 0 radical (unpaired) electrons. The molecule has 1 aliphatic rings. The topological polar surface area (TPSA) is 90.1 Å². The maximum absolute atomic E-state index is 12.2. The summed E-state index contributed by atoms with van der Waals surface area (Å²) in [6, 6.07) is 0. The first-order valence-electron chi connectivity index (χ1n) is 6.99. The Morgan fingerprint density at radius 3 is 3.10 bits per heavy atom. The minimum atomic E-state index is -3.37. The van der Waals surface area contributed by atoms with E-state index >= 15 is 0 Å². The van der Waals surface area contributed by atoms with Gasteiger partial charge in [-0.15, -0.1) is 0 Å². The fraction of sp³-hybridized carbons (Fsp3) is 0.750. The number of aromatic nitrogens is 2. The number of aromatic amines is 1. The fourth-order valence-electron chi connectivity index (χ4n) is 2.52. The highest BCUT2D eigenvalue weighted by atomic mass is 32.2. The largest absolute Gasteiger partial charge is 0.349 e. The van der Waals surface area contributed by atoms with E-state index in [0.29, 0.717) is 32.0 Å². The van der Waals surface area contributed by atoms with Crippen molar-refractivity contribution in [3.63, 3.8) is 0 Å². The SMILES string of the molecule is CNCC1CCCN(S(=O)(=O)NCCc2ncc[nH]2)C1. The highest BCUT2D eigenvalue weighted by Gasteiger charge is 2.28. The molecule has 114 valence electrons. The monoisotopic (exact) mass is 301 g/mol. The molecular formula is C12H23N5O2S. The van der Waals surface area contributed by atoms with Crippen molar-refractivity contribution in [2.75, 3.05) is 33.2 Å². The first kappa shape index (κ1) is 15.4. The normalized spacial score (nSPS) is 21.1. The van der Waals surface area contributed by atoms with E-state index in [2.05, 4.69) is 20.0 Å². The van der Waals surface area contributed by atoms with Gasteiger partial charge in [0.15, 0.2) is 0 Å². The zero-order valence-corrected chi connectivity index (χ0v) is 12.6. The van der Waals surface area contributed by atoms with Gasteiger partial charge in [0.25, 0.3) is 10.2 Å². The number of nitrogens with one attached hydrogen (secondary N) is 3. The van der Waals surface area contributed by atoms with E-state index < -0.39 is 10.2 Å². The molecule has 0 spiro atoms. The lowest BCUT2D eigenvalue weighted by Gasteiger charge is -2.31. The molecule has 2 heterocycles. The Labute approximate surface area is 120 Å². The summed E-state index contributed by atoms with van der Waals surface area (Å²) in [6.45, 7) is 2.43. The van der Waals surface area contributed by atoms with Crippen molar-refractivity contribution in [2.45, 2.75) is 19.3 Å². The molecule has 0 amide bonds. The Bertz CT molecular complexity index is 486. The highest BCUT2D eigenvalue weighted by Crippen LogP contribution is 2.17. The average Bonchev–Trinajstić information content (AvgIpc) is 2.92. The van der Waals surface area contributed by atoms with Crippen LogP contribution in [0.3, 0.4) is 0 Å². The molecule has 1 fully saturated rings. The van der Waals surface area contributed by atoms with Gasteiger partial charge >= 0.3 is 0 Å². The van der Waals surface area contributed by atoms with E-state index in [-0.39, 0.29) is 0 Å². The Balaban J connectivity index is 1.82. The van der Waals surface area contributed by atoms with E-state index in [9.17, 15) is 8.42 Å². The second kappa shape index (κ2) is 7.16. The molecule has 1 unspecified atom stereocenters. The van der Waals surface area contributed by atoms with Crippen LogP contribution in [0.4, 0.5) is 0 Å². The summed E-state index contributed by atoms with van der Waals surface area (Å²) < 4.78 is 28.7. The van der Waals surface area contributed by atoms with Crippen LogP contribution in [0.25, 0.3) is 0 Å². The van der Waals surface area contributed by atoms with E-state index in [1.807, 2.05) is 7.05 Å². The molecule has 1 aromatic heterocycles. The molecule has 0 bridgehead atoms. The Morgan fingerprint density at radius 2 is 2.40 bits per heavy atom. The minimum Gasteiger partial charge on any atom is -0.349 e. The zero-order chi connectivity index (χ0) is 14.4. The summed E-state index contributed by atoms with van der Waals surface area (Å²) in [4.78, 5) is 7.03. The van der Waals surface area contributed by atoms with Gasteiger partial charge in [-0.1, -0.05) is 0 Å². The maximum atomic E-state index is 12.2. The van der Waals surface area contributed by atoms with Gasteiger partial charge in [-0.3, -0.25) is 0 Å². The van der Waals surface area contributed by atoms with Crippen LogP contribution in [0.1, 0.15) is 18.7 Å². The molecular weight excluding hydrogens is 278 g/mol. The summed E-state index contributed by atoms with van der Waals surface area (Å²) in [5.41, 5.74) is 0. The second-order valence-corrected chi connectivity index (χ2v) is 6.86. The molecule has 1 saturated heterocycles. The fourth-order valence-corrected chi connectivity index (χ4v) is 3.84. The van der Waals surface area contributed by atoms with Crippen LogP contribution in [0.15, 0.2) is 12.4 Å². The molecule has 0 aliphatic carbocycles. The van der Waals surface area contributed by atoms with Gasteiger partial charge in [0, 0.05) is 38.4 Å². The molecule has 1 aliphatic heterocycles. The number of rotatable bonds is 7. The molecule has 3 N–H and O–H groups in total. The predicted molar refractivity (Wildman–Crippen MR) is 77.4 cm³/mol. The Morgan fingerprint density at radius 1 is 1.55 bits per heavy atom. The average molecular weight is 301 g/mol. The smallest absolute Gasteiger partial charge is 0.279 e. The molecule has 0 saturated carbocycles. The molecule has 0 aromatic carbocycles. The standard InChI is InChI=1S/C12H23N5O2S/c1-13-9-11-3-2-8-17(10-11)20(18,19)16-5-4-12-14-6-7-15-12/h6-7,11,13,16H,2-5,8-10H2,1H3,(H,14,15). The first-order chi connectivity index (χ1) is 9.62. The van der Waals surface area contributed by atoms with Crippen molar-refractivity contribution in [1.29, 1.82) is 0 Å². The van der Waals surface area contributed by atoms with Crippen LogP contribution in [0.5, 0.6) is 0 Å². The number of hydrogen-bond donors (Lipinski definition) is 3.